The molecule has 0 aliphatic rings. The Labute approximate surface area is 108 Å². The van der Waals surface area contributed by atoms with Crippen molar-refractivity contribution in [2.24, 2.45) is 5.84 Å². The van der Waals surface area contributed by atoms with Crippen LogP contribution in [0.25, 0.3) is 0 Å². The molecule has 19 heavy (non-hydrogen) atoms. The van der Waals surface area contributed by atoms with Crippen LogP contribution < -0.4 is 5.84 Å². The molecule has 93 valence electrons. The van der Waals surface area contributed by atoms with E-state index in [0.29, 0.717) is 0 Å². The van der Waals surface area contributed by atoms with E-state index in [-0.39, 0.29) is 21.8 Å². The number of pyridine rings is 1. The molecule has 6 heteroatoms. The number of benzene rings is 1. The van der Waals surface area contributed by atoms with Crippen molar-refractivity contribution >= 4 is 17.3 Å². The average molecular weight is 255 g/mol. The first-order valence-corrected chi connectivity index (χ1v) is 5.34. The SMILES string of the molecule is N[N+](=O)c1[c]nc(C(=O)C(=O)c2ccccc2)cc1. The van der Waals surface area contributed by atoms with Gasteiger partial charge >= 0.3 is 5.69 Å². The lowest BCUT2D eigenvalue weighted by Crippen LogP contribution is -2.16. The maximum Gasteiger partial charge on any atom is 0.319 e. The quantitative estimate of drug-likeness (QED) is 0.291. The van der Waals surface area contributed by atoms with E-state index < -0.39 is 11.6 Å². The summed E-state index contributed by atoms with van der Waals surface area (Å²) in [5.41, 5.74) is 0.172. The van der Waals surface area contributed by atoms with Gasteiger partial charge in [0.1, 0.15) is 5.69 Å². The van der Waals surface area contributed by atoms with Crippen molar-refractivity contribution in [3.63, 3.8) is 0 Å². The average Bonchev–Trinajstić information content (AvgIpc) is 2.46. The van der Waals surface area contributed by atoms with Gasteiger partial charge < -0.3 is 0 Å². The highest BCUT2D eigenvalue weighted by atomic mass is 16.3. The second-order valence-electron chi connectivity index (χ2n) is 3.68. The van der Waals surface area contributed by atoms with E-state index >= 15 is 0 Å². The maximum absolute atomic E-state index is 11.9. The zero-order chi connectivity index (χ0) is 13.8. The summed E-state index contributed by atoms with van der Waals surface area (Å²) in [5.74, 6) is 3.52. The summed E-state index contributed by atoms with van der Waals surface area (Å²) in [6, 6.07) is 10.7. The number of rotatable bonds is 4. The van der Waals surface area contributed by atoms with E-state index in [1.54, 1.807) is 18.2 Å². The van der Waals surface area contributed by atoms with E-state index in [4.69, 9.17) is 5.84 Å². The number of nitrogens with two attached hydrogens (primary N) is 1. The highest BCUT2D eigenvalue weighted by Crippen LogP contribution is 2.09. The number of nitrogens with zero attached hydrogens (tertiary/aromatic N) is 2. The molecule has 0 amide bonds. The smallest absolute Gasteiger partial charge is 0.285 e. The molecule has 2 rings (SSSR count). The lowest BCUT2D eigenvalue weighted by atomic mass is 10.1. The minimum atomic E-state index is -0.761. The third-order valence-electron chi connectivity index (χ3n) is 2.40. The molecule has 6 nitrogen and oxygen atoms in total. The van der Waals surface area contributed by atoms with Gasteiger partial charge in [-0.05, 0) is 6.07 Å². The molecule has 0 saturated carbocycles. The van der Waals surface area contributed by atoms with Gasteiger partial charge in [0, 0.05) is 11.6 Å². The van der Waals surface area contributed by atoms with Crippen molar-refractivity contribution in [1.82, 2.24) is 4.98 Å². The highest BCUT2D eigenvalue weighted by Gasteiger charge is 2.20. The summed E-state index contributed by atoms with van der Waals surface area (Å²) in [7, 11) is 0. The molecule has 2 N–H and O–H groups in total. The van der Waals surface area contributed by atoms with Crippen LogP contribution >= 0.6 is 0 Å². The highest BCUT2D eigenvalue weighted by molar-refractivity contribution is 6.48. The zero-order valence-corrected chi connectivity index (χ0v) is 9.74. The first kappa shape index (κ1) is 12.6. The molecule has 0 aliphatic heterocycles. The molecule has 1 radical (unpaired) electrons. The van der Waals surface area contributed by atoms with Crippen LogP contribution in [0.15, 0.2) is 42.5 Å². The van der Waals surface area contributed by atoms with Crippen LogP contribution in [0, 0.1) is 11.1 Å². The Morgan fingerprint density at radius 3 is 2.26 bits per heavy atom. The molecule has 0 unspecified atom stereocenters. The number of nitroso groups, excluding NO2 is 1. The zero-order valence-electron chi connectivity index (χ0n) is 9.74. The summed E-state index contributed by atoms with van der Waals surface area (Å²) < 4.78 is 0. The van der Waals surface area contributed by atoms with Crippen molar-refractivity contribution in [1.29, 1.82) is 0 Å². The van der Waals surface area contributed by atoms with Gasteiger partial charge in [-0.2, -0.15) is 5.84 Å². The van der Waals surface area contributed by atoms with Crippen LogP contribution in [0.2, 0.25) is 0 Å². The molecule has 0 saturated heterocycles. The summed E-state index contributed by atoms with van der Waals surface area (Å²) in [4.78, 5) is 38.2. The van der Waals surface area contributed by atoms with Gasteiger partial charge in [0.05, 0.1) is 4.91 Å². The fourth-order valence-electron chi connectivity index (χ4n) is 1.44. The van der Waals surface area contributed by atoms with Crippen LogP contribution in [-0.2, 0) is 0 Å². The standard InChI is InChI=1S/C13H9N3O3/c14-16(19)10-6-7-11(15-8-10)13(18)12(17)9-4-2-1-3-5-9/h1-7H,(H2,14,19)/q+1. The Morgan fingerprint density at radius 2 is 1.74 bits per heavy atom. The van der Waals surface area contributed by atoms with Gasteiger partial charge in [-0.25, -0.2) is 4.98 Å². The van der Waals surface area contributed by atoms with E-state index in [2.05, 4.69) is 11.2 Å². The number of ketones is 2. The lowest BCUT2D eigenvalue weighted by molar-refractivity contribution is -0.475. The number of hydrogen-bond acceptors (Lipinski definition) is 4. The number of hydrazine groups is 1. The lowest BCUT2D eigenvalue weighted by Gasteiger charge is -1.98. The summed E-state index contributed by atoms with van der Waals surface area (Å²) in [6.07, 6.45) is 2.29. The normalized spacial score (nSPS) is 9.89. The summed E-state index contributed by atoms with van der Waals surface area (Å²) >= 11 is 0. The van der Waals surface area contributed by atoms with Crippen LogP contribution in [0.5, 0.6) is 0 Å². The second kappa shape index (κ2) is 5.18. The first-order valence-electron chi connectivity index (χ1n) is 5.34. The van der Waals surface area contributed by atoms with Crippen molar-refractivity contribution in [3.8, 4) is 0 Å². The third-order valence-corrected chi connectivity index (χ3v) is 2.40. The first-order chi connectivity index (χ1) is 9.09. The van der Waals surface area contributed by atoms with Gasteiger partial charge in [-0.3, -0.25) is 9.59 Å². The Kier molecular flexibility index (Phi) is 3.42. The summed E-state index contributed by atoms with van der Waals surface area (Å²) in [6.45, 7) is 0. The Morgan fingerprint density at radius 1 is 1.05 bits per heavy atom. The number of carbonyl (C=O) groups is 2. The van der Waals surface area contributed by atoms with Crippen molar-refractivity contribution < 1.29 is 14.5 Å². The predicted octanol–water partition coefficient (Wildman–Crippen LogP) is 1.23. The monoisotopic (exact) mass is 255 g/mol. The molecule has 0 aliphatic carbocycles. The minimum Gasteiger partial charge on any atom is -0.285 e. The van der Waals surface area contributed by atoms with E-state index in [1.165, 1.54) is 24.3 Å². The number of carbonyl (C=O) groups excluding carboxylic acids is 2. The van der Waals surface area contributed by atoms with E-state index in [1.807, 2.05) is 0 Å². The van der Waals surface area contributed by atoms with Crippen LogP contribution in [0.1, 0.15) is 20.8 Å². The van der Waals surface area contributed by atoms with Crippen molar-refractivity contribution in [2.45, 2.75) is 0 Å². The second-order valence-corrected chi connectivity index (χ2v) is 3.68. The molecule has 2 aromatic rings. The summed E-state index contributed by atoms with van der Waals surface area (Å²) in [5, 5.41) is 0. The molecule has 0 atom stereocenters. The molecular formula is C13H9N3O3+. The largest absolute Gasteiger partial charge is 0.319 e. The number of hydrogen-bond donors (Lipinski definition) is 1. The molecular weight excluding hydrogens is 246 g/mol. The van der Waals surface area contributed by atoms with Gasteiger partial charge in [0.25, 0.3) is 5.78 Å². The predicted molar refractivity (Wildman–Crippen MR) is 65.7 cm³/mol. The fourth-order valence-corrected chi connectivity index (χ4v) is 1.44. The van der Waals surface area contributed by atoms with Gasteiger partial charge in [-0.15, -0.1) is 0 Å². The van der Waals surface area contributed by atoms with Crippen LogP contribution in [-0.4, -0.2) is 21.4 Å². The van der Waals surface area contributed by atoms with Gasteiger partial charge in [0.15, 0.2) is 11.1 Å². The molecule has 1 aromatic carbocycles. The van der Waals surface area contributed by atoms with Crippen molar-refractivity contribution in [2.75, 3.05) is 0 Å². The number of Topliss-reactive ketones (excluding diaryl/α,β-unsaturated/α-hetero) is 2. The molecule has 0 spiro atoms. The van der Waals surface area contributed by atoms with Gasteiger partial charge in [-0.1, -0.05) is 30.3 Å². The molecule has 1 heterocycles. The molecule has 1 aromatic heterocycles. The van der Waals surface area contributed by atoms with E-state index in [0.717, 1.165) is 0 Å². The van der Waals surface area contributed by atoms with Crippen molar-refractivity contribution in [3.05, 3.63) is 64.8 Å². The number of aromatic nitrogens is 1. The Hall–Kier alpha value is -2.89. The third kappa shape index (κ3) is 2.68. The van der Waals surface area contributed by atoms with Crippen LogP contribution in [0.3, 0.4) is 0 Å². The molecule has 0 bridgehead atoms. The minimum absolute atomic E-state index is 0.0243. The Bertz CT molecular complexity index is 636. The topological polar surface area (TPSA) is 93.1 Å². The fraction of sp³-hybridized carbons (Fsp3) is 0. The van der Waals surface area contributed by atoms with Gasteiger partial charge in [0.2, 0.25) is 5.78 Å². The van der Waals surface area contributed by atoms with E-state index in [9.17, 15) is 14.5 Å². The Balaban J connectivity index is 2.25. The maximum atomic E-state index is 11.9. The van der Waals surface area contributed by atoms with Crippen LogP contribution in [0.4, 0.5) is 5.69 Å². The molecule has 0 fully saturated rings.